The Labute approximate surface area is 117 Å². The molecule has 0 spiro atoms. The van der Waals surface area contributed by atoms with Crippen LogP contribution in [0, 0.1) is 17.2 Å². The van der Waals surface area contributed by atoms with Gasteiger partial charge in [-0.05, 0) is 37.6 Å². The molecular weight excluding hydrogens is 234 g/mol. The van der Waals surface area contributed by atoms with Crippen LogP contribution in [0.1, 0.15) is 38.8 Å². The summed E-state index contributed by atoms with van der Waals surface area (Å²) < 4.78 is 0. The maximum atomic E-state index is 8.85. The molecule has 0 aromatic heterocycles. The van der Waals surface area contributed by atoms with Crippen LogP contribution < -0.4 is 10.2 Å². The van der Waals surface area contributed by atoms with Gasteiger partial charge in [0.2, 0.25) is 0 Å². The van der Waals surface area contributed by atoms with E-state index in [1.807, 2.05) is 14.0 Å². The zero-order chi connectivity index (χ0) is 14.3. The molecule has 0 heterocycles. The van der Waals surface area contributed by atoms with Crippen molar-refractivity contribution in [1.82, 2.24) is 5.32 Å². The first-order chi connectivity index (χ1) is 9.12. The normalized spacial score (nSPS) is 13.6. The maximum absolute atomic E-state index is 8.85. The quantitative estimate of drug-likeness (QED) is 0.816. The number of hydrogen-bond donors (Lipinski definition) is 1. The first kappa shape index (κ1) is 15.5. The van der Waals surface area contributed by atoms with Crippen molar-refractivity contribution in [2.75, 3.05) is 25.0 Å². The third-order valence-electron chi connectivity index (χ3n) is 3.36. The average molecular weight is 259 g/mol. The molecule has 0 aliphatic carbocycles. The summed E-state index contributed by atoms with van der Waals surface area (Å²) in [6, 6.07) is 11.3. The van der Waals surface area contributed by atoms with Crippen molar-refractivity contribution in [2.45, 2.75) is 33.2 Å². The summed E-state index contributed by atoms with van der Waals surface area (Å²) in [7, 11) is 2.03. The molecule has 3 heteroatoms. The molecule has 0 saturated carbocycles. The molecule has 0 aliphatic heterocycles. The Bertz CT molecular complexity index is 405. The van der Waals surface area contributed by atoms with Crippen molar-refractivity contribution in [2.24, 2.45) is 5.92 Å². The molecule has 104 valence electrons. The van der Waals surface area contributed by atoms with Crippen LogP contribution >= 0.6 is 0 Å². The lowest BCUT2D eigenvalue weighted by atomic mass is 10.0. The minimum absolute atomic E-state index is 0.0508. The van der Waals surface area contributed by atoms with Crippen LogP contribution in [0.2, 0.25) is 0 Å². The summed E-state index contributed by atoms with van der Waals surface area (Å²) in [6.45, 7) is 8.03. The van der Waals surface area contributed by atoms with Crippen molar-refractivity contribution in [1.29, 1.82) is 5.26 Å². The largest absolute Gasteiger partial charge is 0.373 e. The van der Waals surface area contributed by atoms with Gasteiger partial charge in [-0.1, -0.05) is 26.0 Å². The topological polar surface area (TPSA) is 39.1 Å². The van der Waals surface area contributed by atoms with Gasteiger partial charge in [0, 0.05) is 25.3 Å². The summed E-state index contributed by atoms with van der Waals surface area (Å²) >= 11 is 0. The molecule has 3 nitrogen and oxygen atoms in total. The number of anilines is 1. The van der Waals surface area contributed by atoms with Crippen molar-refractivity contribution in [3.8, 4) is 6.07 Å². The second kappa shape index (κ2) is 7.81. The van der Waals surface area contributed by atoms with E-state index >= 15 is 0 Å². The molecule has 2 atom stereocenters. The van der Waals surface area contributed by atoms with E-state index in [-0.39, 0.29) is 5.92 Å². The minimum Gasteiger partial charge on any atom is -0.373 e. The zero-order valence-corrected chi connectivity index (χ0v) is 12.5. The van der Waals surface area contributed by atoms with E-state index in [1.54, 1.807) is 0 Å². The van der Waals surface area contributed by atoms with Crippen molar-refractivity contribution >= 4 is 5.69 Å². The predicted molar refractivity (Wildman–Crippen MR) is 81.2 cm³/mol. The Kier molecular flexibility index (Phi) is 6.38. The third-order valence-corrected chi connectivity index (χ3v) is 3.36. The van der Waals surface area contributed by atoms with E-state index in [2.05, 4.69) is 54.4 Å². The maximum Gasteiger partial charge on any atom is 0.0671 e. The second-order valence-corrected chi connectivity index (χ2v) is 5.02. The van der Waals surface area contributed by atoms with Crippen LogP contribution in [0.15, 0.2) is 24.3 Å². The van der Waals surface area contributed by atoms with E-state index in [9.17, 15) is 0 Å². The lowest BCUT2D eigenvalue weighted by Gasteiger charge is -2.22. The first-order valence-corrected chi connectivity index (χ1v) is 7.06. The lowest BCUT2D eigenvalue weighted by Crippen LogP contribution is -2.23. The van der Waals surface area contributed by atoms with Crippen LogP contribution in [0.4, 0.5) is 5.69 Å². The molecule has 1 N–H and O–H groups in total. The average Bonchev–Trinajstić information content (AvgIpc) is 2.44. The van der Waals surface area contributed by atoms with Crippen LogP contribution in [0.5, 0.6) is 0 Å². The molecule has 0 bridgehead atoms. The van der Waals surface area contributed by atoms with Gasteiger partial charge in [-0.2, -0.15) is 5.26 Å². The molecule has 0 radical (unpaired) electrons. The molecule has 0 aliphatic rings. The smallest absolute Gasteiger partial charge is 0.0671 e. The van der Waals surface area contributed by atoms with Crippen LogP contribution in [-0.2, 0) is 0 Å². The standard InChI is InChI=1S/C16H25N3/c1-5-16(18-6-2)14-7-9-15(10-8-14)19(4)12-13(3)11-17/h7-10,13,16,18H,5-6,12H2,1-4H3. The summed E-state index contributed by atoms with van der Waals surface area (Å²) in [4.78, 5) is 2.13. The highest BCUT2D eigenvalue weighted by Crippen LogP contribution is 2.21. The van der Waals surface area contributed by atoms with Crippen LogP contribution in [-0.4, -0.2) is 20.1 Å². The third kappa shape index (κ3) is 4.57. The van der Waals surface area contributed by atoms with Crippen LogP contribution in [0.25, 0.3) is 0 Å². The van der Waals surface area contributed by atoms with Gasteiger partial charge in [0.05, 0.1) is 12.0 Å². The van der Waals surface area contributed by atoms with E-state index in [0.717, 1.165) is 25.2 Å². The van der Waals surface area contributed by atoms with E-state index in [0.29, 0.717) is 6.04 Å². The van der Waals surface area contributed by atoms with Gasteiger partial charge in [0.1, 0.15) is 0 Å². The number of rotatable bonds is 7. The van der Waals surface area contributed by atoms with Gasteiger partial charge < -0.3 is 10.2 Å². The molecule has 1 aromatic carbocycles. The Morgan fingerprint density at radius 2 is 1.89 bits per heavy atom. The molecule has 1 aromatic rings. The van der Waals surface area contributed by atoms with Gasteiger partial charge in [-0.25, -0.2) is 0 Å². The molecule has 0 fully saturated rings. The van der Waals surface area contributed by atoms with Gasteiger partial charge in [0.25, 0.3) is 0 Å². The van der Waals surface area contributed by atoms with Gasteiger partial charge in [0.15, 0.2) is 0 Å². The fraction of sp³-hybridized carbons (Fsp3) is 0.562. The highest BCUT2D eigenvalue weighted by molar-refractivity contribution is 5.47. The number of nitriles is 1. The van der Waals surface area contributed by atoms with E-state index in [1.165, 1.54) is 5.56 Å². The Morgan fingerprint density at radius 1 is 1.26 bits per heavy atom. The minimum atomic E-state index is 0.0508. The summed E-state index contributed by atoms with van der Waals surface area (Å²) in [5.74, 6) is 0.0508. The highest BCUT2D eigenvalue weighted by atomic mass is 15.1. The molecular formula is C16H25N3. The fourth-order valence-electron chi connectivity index (χ4n) is 2.26. The van der Waals surface area contributed by atoms with Crippen LogP contribution in [0.3, 0.4) is 0 Å². The first-order valence-electron chi connectivity index (χ1n) is 7.06. The fourth-order valence-corrected chi connectivity index (χ4v) is 2.26. The number of nitrogens with zero attached hydrogens (tertiary/aromatic N) is 2. The van der Waals surface area contributed by atoms with E-state index < -0.39 is 0 Å². The highest BCUT2D eigenvalue weighted by Gasteiger charge is 2.09. The number of benzene rings is 1. The Morgan fingerprint density at radius 3 is 2.37 bits per heavy atom. The van der Waals surface area contributed by atoms with E-state index in [4.69, 9.17) is 5.26 Å². The molecule has 2 unspecified atom stereocenters. The Balaban J connectivity index is 2.73. The predicted octanol–water partition coefficient (Wildman–Crippen LogP) is 3.34. The van der Waals surface area contributed by atoms with Gasteiger partial charge in [-0.15, -0.1) is 0 Å². The summed E-state index contributed by atoms with van der Waals surface area (Å²) in [5, 5.41) is 12.3. The number of hydrogen-bond acceptors (Lipinski definition) is 3. The van der Waals surface area contributed by atoms with Crippen molar-refractivity contribution in [3.63, 3.8) is 0 Å². The SMILES string of the molecule is CCNC(CC)c1ccc(N(C)CC(C)C#N)cc1. The van der Waals surface area contributed by atoms with Gasteiger partial charge in [-0.3, -0.25) is 0 Å². The zero-order valence-electron chi connectivity index (χ0n) is 12.5. The van der Waals surface area contributed by atoms with Gasteiger partial charge >= 0.3 is 0 Å². The lowest BCUT2D eigenvalue weighted by molar-refractivity contribution is 0.537. The van der Waals surface area contributed by atoms with Crippen molar-refractivity contribution < 1.29 is 0 Å². The molecule has 0 amide bonds. The van der Waals surface area contributed by atoms with Crippen molar-refractivity contribution in [3.05, 3.63) is 29.8 Å². The second-order valence-electron chi connectivity index (χ2n) is 5.02. The molecule has 0 saturated heterocycles. The number of nitrogens with one attached hydrogen (secondary N) is 1. The molecule has 19 heavy (non-hydrogen) atoms. The Hall–Kier alpha value is -1.53. The summed E-state index contributed by atoms with van der Waals surface area (Å²) in [5.41, 5.74) is 2.49. The summed E-state index contributed by atoms with van der Waals surface area (Å²) in [6.07, 6.45) is 1.09. The molecule has 1 rings (SSSR count). The monoisotopic (exact) mass is 259 g/mol.